The van der Waals surface area contributed by atoms with Gasteiger partial charge in [-0.1, -0.05) is 17.7 Å². The zero-order valence-corrected chi connectivity index (χ0v) is 10.9. The van der Waals surface area contributed by atoms with Gasteiger partial charge in [-0.15, -0.1) is 0 Å². The molecule has 18 heavy (non-hydrogen) atoms. The van der Waals surface area contributed by atoms with Gasteiger partial charge in [0.1, 0.15) is 11.6 Å². The van der Waals surface area contributed by atoms with E-state index in [2.05, 4.69) is 15.3 Å². The Hall–Kier alpha value is -1.52. The summed E-state index contributed by atoms with van der Waals surface area (Å²) < 4.78 is 13.9. The first-order chi connectivity index (χ1) is 8.61. The molecule has 0 aliphatic carbocycles. The van der Waals surface area contributed by atoms with Gasteiger partial charge in [-0.2, -0.15) is 0 Å². The molecule has 0 fully saturated rings. The van der Waals surface area contributed by atoms with Crippen LogP contribution in [0.2, 0.25) is 5.02 Å². The number of aromatic nitrogens is 2. The second-order valence-corrected chi connectivity index (χ2v) is 4.35. The summed E-state index contributed by atoms with van der Waals surface area (Å²) in [5.74, 6) is 0.306. The Kier molecular flexibility index (Phi) is 3.89. The van der Waals surface area contributed by atoms with Crippen LogP contribution in [0.4, 0.5) is 4.39 Å². The summed E-state index contributed by atoms with van der Waals surface area (Å²) in [6.45, 7) is 1.80. The first kappa shape index (κ1) is 12.9. The predicted octanol–water partition coefficient (Wildman–Crippen LogP) is 2.89. The van der Waals surface area contributed by atoms with Gasteiger partial charge in [0.15, 0.2) is 0 Å². The third-order valence-electron chi connectivity index (χ3n) is 2.66. The van der Waals surface area contributed by atoms with Crippen molar-refractivity contribution in [2.75, 3.05) is 7.05 Å². The number of hydrogen-bond donors (Lipinski definition) is 1. The van der Waals surface area contributed by atoms with E-state index in [-0.39, 0.29) is 11.9 Å². The monoisotopic (exact) mass is 265 g/mol. The molecule has 0 aliphatic rings. The Balaban J connectivity index is 2.45. The Morgan fingerprint density at radius 1 is 1.33 bits per heavy atom. The van der Waals surface area contributed by atoms with Crippen molar-refractivity contribution in [1.29, 1.82) is 0 Å². The summed E-state index contributed by atoms with van der Waals surface area (Å²) >= 11 is 5.75. The van der Waals surface area contributed by atoms with Gasteiger partial charge in [0, 0.05) is 16.8 Å². The summed E-state index contributed by atoms with van der Waals surface area (Å²) in [5.41, 5.74) is 1.24. The minimum absolute atomic E-state index is 0.316. The van der Waals surface area contributed by atoms with E-state index in [4.69, 9.17) is 11.6 Å². The molecule has 1 aromatic carbocycles. The molecule has 0 spiro atoms. The van der Waals surface area contributed by atoms with Gasteiger partial charge in [-0.05, 0) is 32.2 Å². The quantitative estimate of drug-likeness (QED) is 0.927. The highest BCUT2D eigenvalue weighted by molar-refractivity contribution is 6.30. The third kappa shape index (κ3) is 2.66. The summed E-state index contributed by atoms with van der Waals surface area (Å²) in [5, 5.41) is 3.43. The number of nitrogens with one attached hydrogen (secondary N) is 1. The molecule has 94 valence electrons. The zero-order valence-electron chi connectivity index (χ0n) is 10.1. The molecule has 0 saturated carbocycles. The third-order valence-corrected chi connectivity index (χ3v) is 2.89. The fourth-order valence-electron chi connectivity index (χ4n) is 1.83. The Bertz CT molecular complexity index is 560. The Labute approximate surface area is 110 Å². The van der Waals surface area contributed by atoms with E-state index >= 15 is 0 Å². The maximum absolute atomic E-state index is 13.9. The van der Waals surface area contributed by atoms with Gasteiger partial charge in [-0.3, -0.25) is 0 Å². The van der Waals surface area contributed by atoms with Crippen molar-refractivity contribution in [2.45, 2.75) is 13.0 Å². The maximum atomic E-state index is 13.9. The molecule has 1 N–H and O–H groups in total. The molecule has 2 rings (SSSR count). The molecular weight excluding hydrogens is 253 g/mol. The fourth-order valence-corrected chi connectivity index (χ4v) is 1.99. The molecule has 0 amide bonds. The molecule has 2 aromatic rings. The minimum Gasteiger partial charge on any atom is -0.308 e. The molecular formula is C13H13ClFN3. The van der Waals surface area contributed by atoms with Crippen molar-refractivity contribution in [3.63, 3.8) is 0 Å². The molecule has 0 bridgehead atoms. The van der Waals surface area contributed by atoms with E-state index in [9.17, 15) is 4.39 Å². The SMILES string of the molecule is CNC(c1ccnc(C)n1)c1ccc(Cl)cc1F. The van der Waals surface area contributed by atoms with Crippen LogP contribution in [0.3, 0.4) is 0 Å². The number of benzene rings is 1. The number of nitrogens with zero attached hydrogens (tertiary/aromatic N) is 2. The van der Waals surface area contributed by atoms with E-state index in [0.29, 0.717) is 16.4 Å². The number of aryl methyl sites for hydroxylation is 1. The topological polar surface area (TPSA) is 37.8 Å². The van der Waals surface area contributed by atoms with Gasteiger partial charge in [0.05, 0.1) is 11.7 Å². The second kappa shape index (κ2) is 5.42. The van der Waals surface area contributed by atoms with Crippen molar-refractivity contribution >= 4 is 11.6 Å². The van der Waals surface area contributed by atoms with E-state index < -0.39 is 0 Å². The highest BCUT2D eigenvalue weighted by atomic mass is 35.5. The smallest absolute Gasteiger partial charge is 0.129 e. The minimum atomic E-state index is -0.349. The van der Waals surface area contributed by atoms with E-state index in [1.54, 1.807) is 38.4 Å². The van der Waals surface area contributed by atoms with E-state index in [1.807, 2.05) is 0 Å². The van der Waals surface area contributed by atoms with Crippen LogP contribution in [0.5, 0.6) is 0 Å². The van der Waals surface area contributed by atoms with Crippen LogP contribution in [0.1, 0.15) is 23.1 Å². The van der Waals surface area contributed by atoms with Gasteiger partial charge in [0.2, 0.25) is 0 Å². The van der Waals surface area contributed by atoms with Crippen molar-refractivity contribution < 1.29 is 4.39 Å². The lowest BCUT2D eigenvalue weighted by Crippen LogP contribution is -2.20. The molecule has 3 nitrogen and oxygen atoms in total. The maximum Gasteiger partial charge on any atom is 0.129 e. The lowest BCUT2D eigenvalue weighted by Gasteiger charge is -2.17. The molecule has 1 atom stereocenters. The van der Waals surface area contributed by atoms with Crippen LogP contribution in [0.25, 0.3) is 0 Å². The number of halogens is 2. The molecule has 0 radical (unpaired) electrons. The Morgan fingerprint density at radius 2 is 2.11 bits per heavy atom. The first-order valence-corrected chi connectivity index (χ1v) is 5.91. The highest BCUT2D eigenvalue weighted by Crippen LogP contribution is 2.24. The molecule has 1 aromatic heterocycles. The summed E-state index contributed by atoms with van der Waals surface area (Å²) in [6.07, 6.45) is 1.66. The van der Waals surface area contributed by atoms with Crippen molar-refractivity contribution in [3.8, 4) is 0 Å². The number of rotatable bonds is 3. The largest absolute Gasteiger partial charge is 0.308 e. The molecule has 0 aliphatic heterocycles. The van der Waals surface area contributed by atoms with Crippen LogP contribution in [-0.4, -0.2) is 17.0 Å². The molecule has 1 heterocycles. The van der Waals surface area contributed by atoms with Crippen LogP contribution >= 0.6 is 11.6 Å². The first-order valence-electron chi connectivity index (χ1n) is 5.53. The molecule has 5 heteroatoms. The van der Waals surface area contributed by atoms with Crippen molar-refractivity contribution in [3.05, 3.63) is 58.4 Å². The lowest BCUT2D eigenvalue weighted by atomic mass is 10.0. The average molecular weight is 266 g/mol. The van der Waals surface area contributed by atoms with Gasteiger partial charge in [0.25, 0.3) is 0 Å². The van der Waals surface area contributed by atoms with Gasteiger partial charge >= 0.3 is 0 Å². The molecule has 1 unspecified atom stereocenters. The van der Waals surface area contributed by atoms with Gasteiger partial charge < -0.3 is 5.32 Å². The standard InChI is InChI=1S/C13H13ClFN3/c1-8-17-6-5-12(18-8)13(16-2)10-4-3-9(14)7-11(10)15/h3-7,13,16H,1-2H3. The van der Waals surface area contributed by atoms with E-state index in [0.717, 1.165) is 5.69 Å². The zero-order chi connectivity index (χ0) is 13.1. The predicted molar refractivity (Wildman–Crippen MR) is 69.1 cm³/mol. The van der Waals surface area contributed by atoms with Crippen molar-refractivity contribution in [2.24, 2.45) is 0 Å². The van der Waals surface area contributed by atoms with Crippen LogP contribution < -0.4 is 5.32 Å². The lowest BCUT2D eigenvalue weighted by molar-refractivity contribution is 0.569. The fraction of sp³-hybridized carbons (Fsp3) is 0.231. The van der Waals surface area contributed by atoms with Crippen LogP contribution in [0, 0.1) is 12.7 Å². The normalized spacial score (nSPS) is 12.4. The second-order valence-electron chi connectivity index (χ2n) is 3.92. The van der Waals surface area contributed by atoms with Gasteiger partial charge in [-0.25, -0.2) is 14.4 Å². The summed E-state index contributed by atoms with van der Waals surface area (Å²) in [6, 6.07) is 6.08. The summed E-state index contributed by atoms with van der Waals surface area (Å²) in [4.78, 5) is 8.34. The average Bonchev–Trinajstić information content (AvgIpc) is 2.33. The Morgan fingerprint density at radius 3 is 2.72 bits per heavy atom. The molecule has 0 saturated heterocycles. The van der Waals surface area contributed by atoms with Crippen LogP contribution in [0.15, 0.2) is 30.5 Å². The number of hydrogen-bond acceptors (Lipinski definition) is 3. The highest BCUT2D eigenvalue weighted by Gasteiger charge is 2.17. The van der Waals surface area contributed by atoms with E-state index in [1.165, 1.54) is 6.07 Å². The van der Waals surface area contributed by atoms with Crippen molar-refractivity contribution in [1.82, 2.24) is 15.3 Å². The van der Waals surface area contributed by atoms with Crippen LogP contribution in [-0.2, 0) is 0 Å². The summed E-state index contributed by atoms with van der Waals surface area (Å²) in [7, 11) is 1.76.